The van der Waals surface area contributed by atoms with Crippen LogP contribution in [0.4, 0.5) is 0 Å². The van der Waals surface area contributed by atoms with E-state index in [1.807, 2.05) is 17.0 Å². The summed E-state index contributed by atoms with van der Waals surface area (Å²) in [5.41, 5.74) is 2.06. The van der Waals surface area contributed by atoms with Crippen molar-refractivity contribution in [1.29, 1.82) is 0 Å². The monoisotopic (exact) mass is 396 g/mol. The molecule has 2 aromatic rings. The van der Waals surface area contributed by atoms with Crippen molar-refractivity contribution < 1.29 is 19.0 Å². The third-order valence-electron chi connectivity index (χ3n) is 5.07. The zero-order valence-corrected chi connectivity index (χ0v) is 17.3. The molecule has 0 atom stereocenters. The second-order valence-electron chi connectivity index (χ2n) is 6.84. The van der Waals surface area contributed by atoms with E-state index in [0.717, 1.165) is 38.3 Å². The highest BCUT2D eigenvalue weighted by molar-refractivity contribution is 5.92. The summed E-state index contributed by atoms with van der Waals surface area (Å²) >= 11 is 0. The van der Waals surface area contributed by atoms with Crippen LogP contribution in [0.5, 0.6) is 17.2 Å². The molecule has 1 saturated heterocycles. The molecule has 0 aliphatic carbocycles. The first kappa shape index (κ1) is 20.7. The Bertz CT molecular complexity index is 843. The van der Waals surface area contributed by atoms with Crippen LogP contribution in [-0.2, 0) is 11.3 Å². The van der Waals surface area contributed by atoms with Crippen LogP contribution >= 0.6 is 0 Å². The molecule has 154 valence electrons. The molecule has 0 radical (unpaired) electrons. The maximum Gasteiger partial charge on any atom is 0.246 e. The van der Waals surface area contributed by atoms with Crippen LogP contribution in [-0.4, -0.2) is 63.2 Å². The van der Waals surface area contributed by atoms with Gasteiger partial charge in [0.05, 0.1) is 21.3 Å². The number of methoxy groups -OCH3 is 3. The molecule has 3 rings (SSSR count). The summed E-state index contributed by atoms with van der Waals surface area (Å²) in [5, 5.41) is 0. The maximum atomic E-state index is 12.6. The van der Waals surface area contributed by atoms with Crippen LogP contribution in [0.2, 0.25) is 0 Å². The molecule has 0 spiro atoms. The van der Waals surface area contributed by atoms with E-state index >= 15 is 0 Å². The van der Waals surface area contributed by atoms with Crippen LogP contribution in [0.1, 0.15) is 11.1 Å². The van der Waals surface area contributed by atoms with E-state index in [1.54, 1.807) is 39.5 Å². The number of amides is 1. The smallest absolute Gasteiger partial charge is 0.246 e. The fraction of sp³-hybridized carbons (Fsp3) is 0.348. The van der Waals surface area contributed by atoms with Gasteiger partial charge in [-0.3, -0.25) is 9.69 Å². The van der Waals surface area contributed by atoms with Crippen LogP contribution in [0.15, 0.2) is 48.5 Å². The summed E-state index contributed by atoms with van der Waals surface area (Å²) in [6, 6.07) is 14.1. The van der Waals surface area contributed by atoms with Crippen LogP contribution in [0.25, 0.3) is 6.08 Å². The molecule has 6 heteroatoms. The maximum absolute atomic E-state index is 12.6. The van der Waals surface area contributed by atoms with Crippen molar-refractivity contribution in [3.05, 3.63) is 59.7 Å². The number of rotatable bonds is 7. The zero-order chi connectivity index (χ0) is 20.6. The van der Waals surface area contributed by atoms with E-state index < -0.39 is 0 Å². The minimum Gasteiger partial charge on any atom is -0.493 e. The highest BCUT2D eigenvalue weighted by Crippen LogP contribution is 2.40. The van der Waals surface area contributed by atoms with Gasteiger partial charge in [0, 0.05) is 44.4 Å². The number of hydrogen-bond donors (Lipinski definition) is 0. The number of ether oxygens (including phenoxy) is 3. The van der Waals surface area contributed by atoms with E-state index in [4.69, 9.17) is 14.2 Å². The third kappa shape index (κ3) is 5.09. The second kappa shape index (κ2) is 9.98. The van der Waals surface area contributed by atoms with Gasteiger partial charge in [-0.1, -0.05) is 30.3 Å². The minimum absolute atomic E-state index is 0.00111. The van der Waals surface area contributed by atoms with Gasteiger partial charge in [-0.2, -0.15) is 0 Å². The van der Waals surface area contributed by atoms with Crippen LogP contribution in [0, 0.1) is 0 Å². The Balaban J connectivity index is 1.60. The summed E-state index contributed by atoms with van der Waals surface area (Å²) in [4.78, 5) is 16.9. The Hall–Kier alpha value is -2.99. The normalized spacial score (nSPS) is 14.8. The topological polar surface area (TPSA) is 51.2 Å². The summed E-state index contributed by atoms with van der Waals surface area (Å²) in [7, 11) is 4.71. The molecule has 0 bridgehead atoms. The average Bonchev–Trinajstić information content (AvgIpc) is 2.77. The van der Waals surface area contributed by atoms with Gasteiger partial charge in [0.2, 0.25) is 11.7 Å². The molecule has 0 aromatic heterocycles. The Morgan fingerprint density at radius 2 is 1.59 bits per heavy atom. The van der Waals surface area contributed by atoms with Gasteiger partial charge < -0.3 is 19.1 Å². The number of piperazine rings is 1. The first-order chi connectivity index (χ1) is 14.2. The number of benzene rings is 2. The third-order valence-corrected chi connectivity index (χ3v) is 5.07. The Morgan fingerprint density at radius 3 is 2.21 bits per heavy atom. The van der Waals surface area contributed by atoms with Gasteiger partial charge >= 0.3 is 0 Å². The Labute approximate surface area is 172 Å². The zero-order valence-electron chi connectivity index (χ0n) is 17.3. The van der Waals surface area contributed by atoms with E-state index in [9.17, 15) is 4.79 Å². The van der Waals surface area contributed by atoms with Crippen molar-refractivity contribution >= 4 is 12.0 Å². The van der Waals surface area contributed by atoms with Gasteiger partial charge in [-0.25, -0.2) is 0 Å². The molecule has 29 heavy (non-hydrogen) atoms. The fourth-order valence-corrected chi connectivity index (χ4v) is 3.49. The molecule has 1 amide bonds. The quantitative estimate of drug-likeness (QED) is 0.674. The second-order valence-corrected chi connectivity index (χ2v) is 6.84. The lowest BCUT2D eigenvalue weighted by Crippen LogP contribution is -2.47. The summed E-state index contributed by atoms with van der Waals surface area (Å²) in [5.74, 6) is 1.64. The Morgan fingerprint density at radius 1 is 0.897 bits per heavy atom. The molecule has 0 N–H and O–H groups in total. The highest BCUT2D eigenvalue weighted by atomic mass is 16.5. The van der Waals surface area contributed by atoms with E-state index in [-0.39, 0.29) is 5.91 Å². The molecular formula is C23H28N2O4. The molecule has 0 saturated carbocycles. The first-order valence-corrected chi connectivity index (χ1v) is 9.68. The minimum atomic E-state index is 0.00111. The first-order valence-electron chi connectivity index (χ1n) is 9.68. The van der Waals surface area contributed by atoms with Crippen molar-refractivity contribution in [3.8, 4) is 17.2 Å². The molecule has 0 unspecified atom stereocenters. The molecule has 1 aliphatic heterocycles. The van der Waals surface area contributed by atoms with Gasteiger partial charge in [0.15, 0.2) is 11.5 Å². The van der Waals surface area contributed by atoms with Gasteiger partial charge in [-0.05, 0) is 23.8 Å². The predicted molar refractivity (Wildman–Crippen MR) is 113 cm³/mol. The number of nitrogens with zero attached hydrogens (tertiary/aromatic N) is 2. The largest absolute Gasteiger partial charge is 0.493 e. The van der Waals surface area contributed by atoms with E-state index in [1.165, 1.54) is 5.56 Å². The van der Waals surface area contributed by atoms with E-state index in [0.29, 0.717) is 17.2 Å². The Kier molecular flexibility index (Phi) is 7.14. The lowest BCUT2D eigenvalue weighted by Gasteiger charge is -2.34. The van der Waals surface area contributed by atoms with E-state index in [2.05, 4.69) is 29.2 Å². The highest BCUT2D eigenvalue weighted by Gasteiger charge is 2.20. The standard InChI is InChI=1S/C23H28N2O4/c1-27-20-11-9-19(22(28-2)23(20)29-3)10-12-21(26)25-15-13-24(14-16-25)17-18-7-5-4-6-8-18/h4-12H,13-17H2,1-3H3. The summed E-state index contributed by atoms with van der Waals surface area (Å²) in [6.07, 6.45) is 3.36. The van der Waals surface area contributed by atoms with Gasteiger partial charge in [0.1, 0.15) is 0 Å². The SMILES string of the molecule is COc1ccc(C=CC(=O)N2CCN(Cc3ccccc3)CC2)c(OC)c1OC. The summed E-state index contributed by atoms with van der Waals surface area (Å²) in [6.45, 7) is 4.10. The molecule has 6 nitrogen and oxygen atoms in total. The lowest BCUT2D eigenvalue weighted by molar-refractivity contribution is -0.127. The molecular weight excluding hydrogens is 368 g/mol. The number of carbonyl (C=O) groups is 1. The van der Waals surface area contributed by atoms with Gasteiger partial charge in [0.25, 0.3) is 0 Å². The molecule has 1 heterocycles. The van der Waals surface area contributed by atoms with Crippen molar-refractivity contribution in [2.45, 2.75) is 6.54 Å². The van der Waals surface area contributed by atoms with Crippen molar-refractivity contribution in [1.82, 2.24) is 9.80 Å². The molecule has 2 aromatic carbocycles. The average molecular weight is 396 g/mol. The lowest BCUT2D eigenvalue weighted by atomic mass is 10.1. The molecule has 1 aliphatic rings. The fourth-order valence-electron chi connectivity index (χ4n) is 3.49. The predicted octanol–water partition coefficient (Wildman–Crippen LogP) is 3.07. The van der Waals surface area contributed by atoms with Crippen LogP contribution < -0.4 is 14.2 Å². The van der Waals surface area contributed by atoms with Crippen molar-refractivity contribution in [2.24, 2.45) is 0 Å². The van der Waals surface area contributed by atoms with Crippen molar-refractivity contribution in [2.75, 3.05) is 47.5 Å². The van der Waals surface area contributed by atoms with Crippen molar-refractivity contribution in [3.63, 3.8) is 0 Å². The number of hydrogen-bond acceptors (Lipinski definition) is 5. The number of carbonyl (C=O) groups excluding carboxylic acids is 1. The molecule has 1 fully saturated rings. The van der Waals surface area contributed by atoms with Gasteiger partial charge in [-0.15, -0.1) is 0 Å². The summed E-state index contributed by atoms with van der Waals surface area (Å²) < 4.78 is 16.2. The van der Waals surface area contributed by atoms with Crippen LogP contribution in [0.3, 0.4) is 0 Å².